The van der Waals surface area contributed by atoms with Crippen molar-refractivity contribution in [2.75, 3.05) is 19.6 Å². The molecule has 1 saturated carbocycles. The Hall–Kier alpha value is -1.95. The second-order valence-electron chi connectivity index (χ2n) is 8.53. The van der Waals surface area contributed by atoms with Crippen LogP contribution in [0.3, 0.4) is 0 Å². The summed E-state index contributed by atoms with van der Waals surface area (Å²) in [6.07, 6.45) is 8.75. The second kappa shape index (κ2) is 8.38. The van der Waals surface area contributed by atoms with Gasteiger partial charge in [0.25, 0.3) is 0 Å². The molecule has 3 rings (SSSR count). The first-order valence-corrected chi connectivity index (χ1v) is 10.2. The van der Waals surface area contributed by atoms with Gasteiger partial charge in [-0.25, -0.2) is 0 Å². The third-order valence-corrected chi connectivity index (χ3v) is 6.25. The van der Waals surface area contributed by atoms with E-state index in [1.165, 1.54) is 26.1 Å². The van der Waals surface area contributed by atoms with Gasteiger partial charge in [-0.3, -0.25) is 15.5 Å². The number of aryl methyl sites for hydroxylation is 2. The summed E-state index contributed by atoms with van der Waals surface area (Å²) in [5, 5.41) is 24.0. The molecular formula is C21H34N6. The number of hydrogen-bond donors (Lipinski definition) is 3. The molecule has 148 valence electrons. The van der Waals surface area contributed by atoms with Crippen LogP contribution in [0.1, 0.15) is 44.4 Å². The van der Waals surface area contributed by atoms with Gasteiger partial charge in [0.15, 0.2) is 0 Å². The summed E-state index contributed by atoms with van der Waals surface area (Å²) in [5.41, 5.74) is 2.18. The van der Waals surface area contributed by atoms with E-state index < -0.39 is 0 Å². The molecule has 0 amide bonds. The normalized spacial score (nSPS) is 26.4. The molecule has 4 atom stereocenters. The highest BCUT2D eigenvalue weighted by atomic mass is 15.3. The van der Waals surface area contributed by atoms with Crippen LogP contribution >= 0.6 is 0 Å². The first-order chi connectivity index (χ1) is 12.9. The number of amidine groups is 1. The molecule has 3 N–H and O–H groups in total. The van der Waals surface area contributed by atoms with Gasteiger partial charge in [0, 0.05) is 32.7 Å². The second-order valence-corrected chi connectivity index (χ2v) is 8.53. The zero-order chi connectivity index (χ0) is 19.6. The van der Waals surface area contributed by atoms with Gasteiger partial charge < -0.3 is 10.2 Å². The van der Waals surface area contributed by atoms with Crippen molar-refractivity contribution >= 4 is 11.5 Å². The number of rotatable bonds is 7. The maximum atomic E-state index is 8.23. The highest BCUT2D eigenvalue weighted by molar-refractivity contribution is 6.09. The van der Waals surface area contributed by atoms with Crippen molar-refractivity contribution < 1.29 is 0 Å². The zero-order valence-corrected chi connectivity index (χ0v) is 17.1. The Morgan fingerprint density at radius 1 is 1.30 bits per heavy atom. The third-order valence-electron chi connectivity index (χ3n) is 6.25. The van der Waals surface area contributed by atoms with Gasteiger partial charge in [-0.15, -0.1) is 0 Å². The molecule has 27 heavy (non-hydrogen) atoms. The number of fused-ring (bicyclic) bond motifs is 1. The van der Waals surface area contributed by atoms with Crippen LogP contribution in [0, 0.1) is 35.5 Å². The first-order valence-electron chi connectivity index (χ1n) is 10.2. The van der Waals surface area contributed by atoms with Crippen molar-refractivity contribution in [3.63, 3.8) is 0 Å². The number of likely N-dealkylation sites (tertiary alicyclic amines) is 1. The van der Waals surface area contributed by atoms with E-state index >= 15 is 0 Å². The molecule has 0 spiro atoms. The molecule has 2 aliphatic rings. The lowest BCUT2D eigenvalue weighted by atomic mass is 10.0. The van der Waals surface area contributed by atoms with Gasteiger partial charge in [0.05, 0.1) is 17.6 Å². The summed E-state index contributed by atoms with van der Waals surface area (Å²) in [7, 11) is 1.84. The fourth-order valence-corrected chi connectivity index (χ4v) is 4.68. The third kappa shape index (κ3) is 4.67. The lowest BCUT2D eigenvalue weighted by Crippen LogP contribution is -2.34. The standard InChI is InChI=1S/C21H34N6/c1-5-14(2)11-27-12-16-8-18(9-17(16)13-27)25-20(23)7-6-19(22)21-15(3)10-24-26(21)4/h6-7,10,14,16-18,22H,5,8-9,11-13H2,1-4H3,(H2,23,25)/b7-6-,22-19?/t14?,16-,17+,18+. The van der Waals surface area contributed by atoms with Crippen molar-refractivity contribution in [2.45, 2.75) is 46.1 Å². The fourth-order valence-electron chi connectivity index (χ4n) is 4.68. The minimum absolute atomic E-state index is 0.392. The Morgan fingerprint density at radius 3 is 2.52 bits per heavy atom. The van der Waals surface area contributed by atoms with E-state index in [2.05, 4.69) is 29.2 Å². The van der Waals surface area contributed by atoms with Crippen LogP contribution in [0.5, 0.6) is 0 Å². The molecule has 1 unspecified atom stereocenters. The van der Waals surface area contributed by atoms with Gasteiger partial charge in [0.1, 0.15) is 5.84 Å². The predicted molar refractivity (Wildman–Crippen MR) is 111 cm³/mol. The molecule has 1 saturated heterocycles. The lowest BCUT2D eigenvalue weighted by Gasteiger charge is -2.22. The maximum Gasteiger partial charge on any atom is 0.118 e. The van der Waals surface area contributed by atoms with Crippen molar-refractivity contribution in [2.24, 2.45) is 24.8 Å². The van der Waals surface area contributed by atoms with Crippen LogP contribution in [0.15, 0.2) is 18.3 Å². The molecule has 1 aromatic rings. The minimum Gasteiger partial charge on any atom is -0.368 e. The summed E-state index contributed by atoms with van der Waals surface area (Å²) >= 11 is 0. The quantitative estimate of drug-likeness (QED) is 0.510. The molecule has 1 aliphatic heterocycles. The molecule has 1 aliphatic carbocycles. The molecule has 6 heteroatoms. The van der Waals surface area contributed by atoms with Crippen molar-refractivity contribution in [3.8, 4) is 0 Å². The summed E-state index contributed by atoms with van der Waals surface area (Å²) in [5.74, 6) is 2.74. The van der Waals surface area contributed by atoms with E-state index in [9.17, 15) is 0 Å². The van der Waals surface area contributed by atoms with Crippen LogP contribution in [-0.2, 0) is 7.05 Å². The summed E-state index contributed by atoms with van der Waals surface area (Å²) in [6.45, 7) is 10.3. The van der Waals surface area contributed by atoms with E-state index in [0.717, 1.165) is 41.9 Å². The fraction of sp³-hybridized carbons (Fsp3) is 0.667. The Bertz CT molecular complexity index is 685. The van der Waals surface area contributed by atoms with Crippen LogP contribution < -0.4 is 5.32 Å². The maximum absolute atomic E-state index is 8.23. The molecule has 0 radical (unpaired) electrons. The van der Waals surface area contributed by atoms with Crippen molar-refractivity contribution in [1.29, 1.82) is 10.8 Å². The number of nitrogens with zero attached hydrogens (tertiary/aromatic N) is 3. The van der Waals surface area contributed by atoms with E-state index in [0.29, 0.717) is 17.6 Å². The molecule has 2 fully saturated rings. The van der Waals surface area contributed by atoms with Gasteiger partial charge in [-0.2, -0.15) is 5.10 Å². The molecule has 2 heterocycles. The van der Waals surface area contributed by atoms with Gasteiger partial charge in [-0.1, -0.05) is 20.3 Å². The zero-order valence-electron chi connectivity index (χ0n) is 17.1. The minimum atomic E-state index is 0.392. The largest absolute Gasteiger partial charge is 0.368 e. The van der Waals surface area contributed by atoms with Gasteiger partial charge >= 0.3 is 0 Å². The number of aromatic nitrogens is 2. The van der Waals surface area contributed by atoms with Crippen LogP contribution in [0.2, 0.25) is 0 Å². The monoisotopic (exact) mass is 370 g/mol. The van der Waals surface area contributed by atoms with Crippen molar-refractivity contribution in [3.05, 3.63) is 29.6 Å². The summed E-state index contributed by atoms with van der Waals surface area (Å²) in [6, 6.07) is 0.399. The van der Waals surface area contributed by atoms with Crippen LogP contribution in [0.4, 0.5) is 0 Å². The van der Waals surface area contributed by atoms with Crippen LogP contribution in [0.25, 0.3) is 0 Å². The van der Waals surface area contributed by atoms with E-state index in [1.54, 1.807) is 23.0 Å². The average Bonchev–Trinajstić information content (AvgIpc) is 3.25. The van der Waals surface area contributed by atoms with Crippen LogP contribution in [-0.4, -0.2) is 51.9 Å². The Kier molecular flexibility index (Phi) is 6.15. The number of allylic oxidation sites excluding steroid dienone is 1. The van der Waals surface area contributed by atoms with Crippen molar-refractivity contribution in [1.82, 2.24) is 20.0 Å². The Balaban J connectivity index is 1.46. The average molecular weight is 371 g/mol. The predicted octanol–water partition coefficient (Wildman–Crippen LogP) is 2.98. The van der Waals surface area contributed by atoms with Gasteiger partial charge in [0.2, 0.25) is 0 Å². The lowest BCUT2D eigenvalue weighted by molar-refractivity contribution is 0.261. The molecule has 1 aromatic heterocycles. The van der Waals surface area contributed by atoms with E-state index in [1.807, 2.05) is 14.0 Å². The Labute approximate surface area is 163 Å². The molecular weight excluding hydrogens is 336 g/mol. The Morgan fingerprint density at radius 2 is 1.96 bits per heavy atom. The molecule has 0 aromatic carbocycles. The highest BCUT2D eigenvalue weighted by Gasteiger charge is 2.40. The topological polar surface area (TPSA) is 80.8 Å². The highest BCUT2D eigenvalue weighted by Crippen LogP contribution is 2.38. The first kappa shape index (κ1) is 19.8. The smallest absolute Gasteiger partial charge is 0.118 e. The summed E-state index contributed by atoms with van der Waals surface area (Å²) < 4.78 is 1.71. The molecule has 0 bridgehead atoms. The van der Waals surface area contributed by atoms with Gasteiger partial charge in [-0.05, 0) is 55.2 Å². The number of hydrogen-bond acceptors (Lipinski definition) is 4. The summed E-state index contributed by atoms with van der Waals surface area (Å²) in [4.78, 5) is 2.64. The van der Waals surface area contributed by atoms with E-state index in [-0.39, 0.29) is 0 Å². The molecule has 6 nitrogen and oxygen atoms in total. The SMILES string of the molecule is CCC(C)CN1C[C@H]2C[C@H](NC(=N)/C=C\C(=N)c3c(C)cnn3C)C[C@H]2C1. The number of nitrogens with one attached hydrogen (secondary N) is 3. The van der Waals surface area contributed by atoms with E-state index in [4.69, 9.17) is 10.8 Å².